The molecule has 7 nitrogen and oxygen atoms in total. The van der Waals surface area contributed by atoms with Crippen molar-refractivity contribution in [3.63, 3.8) is 0 Å². The highest BCUT2D eigenvalue weighted by molar-refractivity contribution is 7.89. The molecule has 10 heteroatoms. The summed E-state index contributed by atoms with van der Waals surface area (Å²) in [5, 5.41) is 17.1. The lowest BCUT2D eigenvalue weighted by molar-refractivity contribution is -0.140. The van der Waals surface area contributed by atoms with Crippen molar-refractivity contribution in [2.45, 2.75) is 23.8 Å². The van der Waals surface area contributed by atoms with E-state index in [0.717, 1.165) is 0 Å². The summed E-state index contributed by atoms with van der Waals surface area (Å²) in [6.45, 7) is 0. The van der Waals surface area contributed by atoms with Gasteiger partial charge in [-0.3, -0.25) is 9.59 Å². The number of carboxylic acid groups (broad SMARTS) is 2. The van der Waals surface area contributed by atoms with Crippen molar-refractivity contribution in [2.24, 2.45) is 0 Å². The van der Waals surface area contributed by atoms with Crippen LogP contribution in [-0.2, 0) is 19.6 Å². The van der Waals surface area contributed by atoms with Gasteiger partial charge >= 0.3 is 11.9 Å². The molecule has 0 unspecified atom stereocenters. The Morgan fingerprint density at radius 1 is 1.19 bits per heavy atom. The summed E-state index contributed by atoms with van der Waals surface area (Å²) < 4.78 is 26.2. The first-order chi connectivity index (χ1) is 9.65. The maximum atomic E-state index is 12.1. The first kappa shape index (κ1) is 17.7. The molecule has 0 aliphatic heterocycles. The fourth-order valence-corrected chi connectivity index (χ4v) is 3.85. The molecule has 3 N–H and O–H groups in total. The molecule has 1 rings (SSSR count). The zero-order valence-electron chi connectivity index (χ0n) is 10.4. The Morgan fingerprint density at radius 2 is 1.71 bits per heavy atom. The molecule has 0 saturated carbocycles. The van der Waals surface area contributed by atoms with Gasteiger partial charge in [0, 0.05) is 6.42 Å². The number of aliphatic carboxylic acids is 2. The molecule has 21 heavy (non-hydrogen) atoms. The summed E-state index contributed by atoms with van der Waals surface area (Å²) in [4.78, 5) is 21.0. The molecule has 0 fully saturated rings. The molecule has 0 bridgehead atoms. The van der Waals surface area contributed by atoms with Crippen LogP contribution in [0.2, 0.25) is 10.0 Å². The topological polar surface area (TPSA) is 121 Å². The Kier molecular flexibility index (Phi) is 5.97. The maximum Gasteiger partial charge on any atom is 0.321 e. The van der Waals surface area contributed by atoms with E-state index in [1.807, 2.05) is 4.72 Å². The van der Waals surface area contributed by atoms with Gasteiger partial charge in [-0.2, -0.15) is 4.72 Å². The first-order valence-electron chi connectivity index (χ1n) is 5.56. The second-order valence-corrected chi connectivity index (χ2v) is 6.46. The van der Waals surface area contributed by atoms with E-state index in [1.165, 1.54) is 18.2 Å². The van der Waals surface area contributed by atoms with Crippen LogP contribution >= 0.6 is 23.2 Å². The average molecular weight is 356 g/mol. The minimum atomic E-state index is -4.30. The average Bonchev–Trinajstić information content (AvgIpc) is 2.33. The van der Waals surface area contributed by atoms with Crippen molar-refractivity contribution in [3.05, 3.63) is 28.2 Å². The molecule has 0 heterocycles. The van der Waals surface area contributed by atoms with E-state index >= 15 is 0 Å². The van der Waals surface area contributed by atoms with Crippen LogP contribution in [0.15, 0.2) is 23.1 Å². The fourth-order valence-electron chi connectivity index (χ4n) is 1.49. The Labute approximate surface area is 130 Å². The summed E-state index contributed by atoms with van der Waals surface area (Å²) in [5.74, 6) is -2.74. The highest BCUT2D eigenvalue weighted by atomic mass is 35.5. The number of hydrogen-bond donors (Lipinski definition) is 3. The predicted molar refractivity (Wildman–Crippen MR) is 75.1 cm³/mol. The van der Waals surface area contributed by atoms with E-state index in [4.69, 9.17) is 33.4 Å². The van der Waals surface area contributed by atoms with Crippen LogP contribution < -0.4 is 4.72 Å². The largest absolute Gasteiger partial charge is 0.481 e. The predicted octanol–water partition coefficient (Wildman–Crippen LogP) is 1.59. The second-order valence-electron chi connectivity index (χ2n) is 4.00. The molecule has 1 aromatic rings. The van der Waals surface area contributed by atoms with Gasteiger partial charge in [0.2, 0.25) is 10.0 Å². The third-order valence-corrected chi connectivity index (χ3v) is 4.86. The highest BCUT2D eigenvalue weighted by Crippen LogP contribution is 2.29. The van der Waals surface area contributed by atoms with E-state index in [1.54, 1.807) is 0 Å². The standard InChI is InChI=1S/C11H11Cl2NO6S/c12-6-2-1-3-7(13)10(6)21(19,20)14-8(11(17)18)4-5-9(15)16/h1-3,8,14H,4-5H2,(H,15,16)(H,17,18)/t8-/m0/s1. The van der Waals surface area contributed by atoms with Crippen molar-refractivity contribution in [2.75, 3.05) is 0 Å². The van der Waals surface area contributed by atoms with Crippen molar-refractivity contribution in [1.29, 1.82) is 0 Å². The third-order valence-electron chi connectivity index (χ3n) is 2.43. The molecule has 0 aliphatic carbocycles. The van der Waals surface area contributed by atoms with Crippen LogP contribution in [0.25, 0.3) is 0 Å². The fraction of sp³-hybridized carbons (Fsp3) is 0.273. The lowest BCUT2D eigenvalue weighted by atomic mass is 10.2. The van der Waals surface area contributed by atoms with E-state index in [-0.39, 0.29) is 10.0 Å². The molecule has 1 aromatic carbocycles. The van der Waals surface area contributed by atoms with Crippen LogP contribution in [-0.4, -0.2) is 36.6 Å². The normalized spacial score (nSPS) is 12.9. The number of benzene rings is 1. The van der Waals surface area contributed by atoms with Gasteiger partial charge in [-0.1, -0.05) is 29.3 Å². The molecule has 0 spiro atoms. The number of rotatable bonds is 7. The van der Waals surface area contributed by atoms with Crippen LogP contribution in [0.4, 0.5) is 0 Å². The van der Waals surface area contributed by atoms with Crippen molar-refractivity contribution in [3.8, 4) is 0 Å². The molecule has 0 saturated heterocycles. The van der Waals surface area contributed by atoms with Gasteiger partial charge in [-0.15, -0.1) is 0 Å². The minimum absolute atomic E-state index is 0.169. The summed E-state index contributed by atoms with van der Waals surface area (Å²) in [5.41, 5.74) is 0. The Bertz CT molecular complexity index is 640. The van der Waals surface area contributed by atoms with E-state index in [9.17, 15) is 18.0 Å². The number of hydrogen-bond acceptors (Lipinski definition) is 4. The van der Waals surface area contributed by atoms with Crippen molar-refractivity contribution >= 4 is 45.2 Å². The SMILES string of the molecule is O=C(O)CC[C@H](NS(=O)(=O)c1c(Cl)cccc1Cl)C(=O)O. The zero-order valence-corrected chi connectivity index (χ0v) is 12.7. The third kappa shape index (κ3) is 4.85. The van der Waals surface area contributed by atoms with Crippen LogP contribution in [0, 0.1) is 0 Å². The number of nitrogens with one attached hydrogen (secondary N) is 1. The van der Waals surface area contributed by atoms with Gasteiger partial charge in [0.15, 0.2) is 0 Å². The molecule has 0 radical (unpaired) electrons. The van der Waals surface area contributed by atoms with Gasteiger partial charge in [0.25, 0.3) is 0 Å². The van der Waals surface area contributed by atoms with Crippen LogP contribution in [0.1, 0.15) is 12.8 Å². The zero-order chi connectivity index (χ0) is 16.2. The Hall–Kier alpha value is -1.35. The van der Waals surface area contributed by atoms with E-state index in [0.29, 0.717) is 0 Å². The summed E-state index contributed by atoms with van der Waals surface area (Å²) in [7, 11) is -4.30. The number of halogens is 2. The lowest BCUT2D eigenvalue weighted by Crippen LogP contribution is -2.41. The summed E-state index contributed by atoms with van der Waals surface area (Å²) in [6.07, 6.45) is -0.915. The quantitative estimate of drug-likeness (QED) is 0.682. The van der Waals surface area contributed by atoms with E-state index in [2.05, 4.69) is 0 Å². The molecule has 1 atom stereocenters. The molecule has 116 valence electrons. The monoisotopic (exact) mass is 355 g/mol. The molecular formula is C11H11Cl2NO6S. The number of sulfonamides is 1. The van der Waals surface area contributed by atoms with Gasteiger partial charge in [0.05, 0.1) is 10.0 Å². The lowest BCUT2D eigenvalue weighted by Gasteiger charge is -2.15. The van der Waals surface area contributed by atoms with Crippen molar-refractivity contribution < 1.29 is 28.2 Å². The minimum Gasteiger partial charge on any atom is -0.481 e. The highest BCUT2D eigenvalue weighted by Gasteiger charge is 2.29. The summed E-state index contributed by atoms with van der Waals surface area (Å²) >= 11 is 11.5. The van der Waals surface area contributed by atoms with E-state index < -0.39 is 45.7 Å². The maximum absolute atomic E-state index is 12.1. The Balaban J connectivity index is 3.07. The molecule has 0 aliphatic rings. The van der Waals surface area contributed by atoms with Crippen LogP contribution in [0.3, 0.4) is 0 Å². The number of carbonyl (C=O) groups is 2. The second kappa shape index (κ2) is 7.08. The molecular weight excluding hydrogens is 345 g/mol. The first-order valence-corrected chi connectivity index (χ1v) is 7.80. The Morgan fingerprint density at radius 3 is 2.14 bits per heavy atom. The number of carboxylic acids is 2. The molecule has 0 amide bonds. The van der Waals surface area contributed by atoms with Gasteiger partial charge in [0.1, 0.15) is 10.9 Å². The van der Waals surface area contributed by atoms with Gasteiger partial charge in [-0.25, -0.2) is 8.42 Å². The van der Waals surface area contributed by atoms with Gasteiger partial charge < -0.3 is 10.2 Å². The van der Waals surface area contributed by atoms with Gasteiger partial charge in [-0.05, 0) is 18.6 Å². The van der Waals surface area contributed by atoms with Crippen molar-refractivity contribution in [1.82, 2.24) is 4.72 Å². The summed E-state index contributed by atoms with van der Waals surface area (Å²) in [6, 6.07) is 2.41. The smallest absolute Gasteiger partial charge is 0.321 e. The molecule has 0 aromatic heterocycles. The van der Waals surface area contributed by atoms with Crippen LogP contribution in [0.5, 0.6) is 0 Å².